The third kappa shape index (κ3) is 3.46. The van der Waals surface area contributed by atoms with Crippen LogP contribution in [0.4, 0.5) is 0 Å². The van der Waals surface area contributed by atoms with Crippen LogP contribution in [0, 0.1) is 0 Å². The summed E-state index contributed by atoms with van der Waals surface area (Å²) in [6.07, 6.45) is 1.67. The summed E-state index contributed by atoms with van der Waals surface area (Å²) in [4.78, 5) is 11.3. The highest BCUT2D eigenvalue weighted by molar-refractivity contribution is 5.89. The first-order valence-electron chi connectivity index (χ1n) is 4.78. The fraction of sp³-hybridized carbons (Fsp3) is 0.250. The molecule has 15 heavy (non-hydrogen) atoms. The summed E-state index contributed by atoms with van der Waals surface area (Å²) in [6.45, 7) is 6.16. The van der Waals surface area contributed by atoms with Gasteiger partial charge in [0.15, 0.2) is 0 Å². The molecule has 0 amide bonds. The van der Waals surface area contributed by atoms with Gasteiger partial charge in [0.2, 0.25) is 0 Å². The Morgan fingerprint density at radius 3 is 2.60 bits per heavy atom. The molecule has 0 aliphatic heterocycles. The van der Waals surface area contributed by atoms with Gasteiger partial charge in [-0.05, 0) is 31.2 Å². The van der Waals surface area contributed by atoms with Gasteiger partial charge in [-0.3, -0.25) is 0 Å². The molecule has 0 saturated heterocycles. The summed E-state index contributed by atoms with van der Waals surface area (Å²) in [5.74, 6) is 0.399. The number of esters is 1. The fourth-order valence-corrected chi connectivity index (χ4v) is 1.06. The van der Waals surface area contributed by atoms with Crippen LogP contribution in [0.1, 0.15) is 17.3 Å². The van der Waals surface area contributed by atoms with Crippen LogP contribution in [0.2, 0.25) is 0 Å². The van der Waals surface area contributed by atoms with E-state index in [2.05, 4.69) is 6.58 Å². The van der Waals surface area contributed by atoms with Gasteiger partial charge in [-0.15, -0.1) is 0 Å². The molecule has 80 valence electrons. The van der Waals surface area contributed by atoms with Crippen LogP contribution in [-0.4, -0.2) is 19.2 Å². The first kappa shape index (κ1) is 11.3. The number of benzene rings is 1. The summed E-state index contributed by atoms with van der Waals surface area (Å²) in [5, 5.41) is 0. The number of hydrogen-bond acceptors (Lipinski definition) is 3. The Labute approximate surface area is 89.3 Å². The van der Waals surface area contributed by atoms with E-state index in [0.29, 0.717) is 24.5 Å². The third-order valence-corrected chi connectivity index (χ3v) is 1.73. The van der Waals surface area contributed by atoms with Crippen molar-refractivity contribution >= 4 is 5.97 Å². The molecule has 0 aromatic heterocycles. The van der Waals surface area contributed by atoms with Crippen molar-refractivity contribution in [3.63, 3.8) is 0 Å². The van der Waals surface area contributed by atoms with E-state index in [0.717, 1.165) is 0 Å². The molecular weight excluding hydrogens is 192 g/mol. The molecule has 0 atom stereocenters. The second-order valence-corrected chi connectivity index (χ2v) is 2.84. The first-order chi connectivity index (χ1) is 7.27. The third-order valence-electron chi connectivity index (χ3n) is 1.73. The highest BCUT2D eigenvalue weighted by atomic mass is 16.5. The molecule has 0 bridgehead atoms. The van der Waals surface area contributed by atoms with Gasteiger partial charge >= 0.3 is 5.97 Å². The highest BCUT2D eigenvalue weighted by Crippen LogP contribution is 2.12. The lowest BCUT2D eigenvalue weighted by atomic mass is 10.2. The van der Waals surface area contributed by atoms with Crippen LogP contribution in [0.5, 0.6) is 5.75 Å². The van der Waals surface area contributed by atoms with Crippen LogP contribution >= 0.6 is 0 Å². The van der Waals surface area contributed by atoms with Crippen molar-refractivity contribution in [3.05, 3.63) is 42.5 Å². The molecule has 1 rings (SSSR count). The smallest absolute Gasteiger partial charge is 0.338 e. The van der Waals surface area contributed by atoms with Crippen LogP contribution in [0.15, 0.2) is 36.9 Å². The predicted octanol–water partition coefficient (Wildman–Crippen LogP) is 2.43. The Bertz CT molecular complexity index is 327. The summed E-state index contributed by atoms with van der Waals surface area (Å²) in [5.41, 5.74) is 0.530. The molecule has 0 aliphatic carbocycles. The zero-order chi connectivity index (χ0) is 11.1. The minimum Gasteiger partial charge on any atom is -0.490 e. The predicted molar refractivity (Wildman–Crippen MR) is 58.1 cm³/mol. The van der Waals surface area contributed by atoms with Crippen molar-refractivity contribution in [2.45, 2.75) is 6.92 Å². The summed E-state index contributed by atoms with van der Waals surface area (Å²) >= 11 is 0. The van der Waals surface area contributed by atoms with Gasteiger partial charge < -0.3 is 9.47 Å². The number of carbonyl (C=O) groups excluding carboxylic acids is 1. The van der Waals surface area contributed by atoms with Gasteiger partial charge in [-0.1, -0.05) is 12.7 Å². The van der Waals surface area contributed by atoms with Gasteiger partial charge in [-0.25, -0.2) is 4.79 Å². The zero-order valence-electron chi connectivity index (χ0n) is 8.73. The number of carbonyl (C=O) groups is 1. The molecule has 1 aromatic rings. The Morgan fingerprint density at radius 1 is 1.40 bits per heavy atom. The Hall–Kier alpha value is -1.77. The van der Waals surface area contributed by atoms with E-state index in [9.17, 15) is 4.79 Å². The monoisotopic (exact) mass is 206 g/mol. The first-order valence-corrected chi connectivity index (χ1v) is 4.78. The van der Waals surface area contributed by atoms with E-state index in [1.165, 1.54) is 0 Å². The topological polar surface area (TPSA) is 35.5 Å². The molecule has 0 spiro atoms. The average molecular weight is 206 g/mol. The van der Waals surface area contributed by atoms with E-state index in [1.807, 2.05) is 0 Å². The van der Waals surface area contributed by atoms with E-state index < -0.39 is 0 Å². The van der Waals surface area contributed by atoms with Crippen molar-refractivity contribution in [1.82, 2.24) is 0 Å². The maximum absolute atomic E-state index is 11.3. The second kappa shape index (κ2) is 5.86. The van der Waals surface area contributed by atoms with Gasteiger partial charge in [-0.2, -0.15) is 0 Å². The lowest BCUT2D eigenvalue weighted by Gasteiger charge is -2.04. The SMILES string of the molecule is C=CCOc1ccc(C(=O)OCC)cc1. The molecule has 0 radical (unpaired) electrons. The summed E-state index contributed by atoms with van der Waals surface area (Å²) < 4.78 is 10.1. The number of hydrogen-bond donors (Lipinski definition) is 0. The minimum atomic E-state index is -0.312. The number of rotatable bonds is 5. The van der Waals surface area contributed by atoms with Crippen molar-refractivity contribution in [3.8, 4) is 5.75 Å². The molecule has 0 heterocycles. The van der Waals surface area contributed by atoms with Crippen molar-refractivity contribution in [1.29, 1.82) is 0 Å². The van der Waals surface area contributed by atoms with Crippen molar-refractivity contribution in [2.24, 2.45) is 0 Å². The standard InChI is InChI=1S/C12H14O3/c1-3-9-15-11-7-5-10(6-8-11)12(13)14-4-2/h3,5-8H,1,4,9H2,2H3. The lowest BCUT2D eigenvalue weighted by molar-refractivity contribution is 0.0526. The molecule has 1 aromatic carbocycles. The van der Waals surface area contributed by atoms with E-state index in [-0.39, 0.29) is 5.97 Å². The molecule has 0 aliphatic rings. The quantitative estimate of drug-likeness (QED) is 0.548. The van der Waals surface area contributed by atoms with Crippen molar-refractivity contribution < 1.29 is 14.3 Å². The van der Waals surface area contributed by atoms with E-state index >= 15 is 0 Å². The molecule has 0 fully saturated rings. The van der Waals surface area contributed by atoms with Gasteiger partial charge in [0.25, 0.3) is 0 Å². The maximum Gasteiger partial charge on any atom is 0.338 e. The molecule has 3 heteroatoms. The van der Waals surface area contributed by atoms with Crippen LogP contribution in [0.3, 0.4) is 0 Å². The van der Waals surface area contributed by atoms with E-state index in [1.54, 1.807) is 37.3 Å². The molecule has 3 nitrogen and oxygen atoms in total. The van der Waals surface area contributed by atoms with Crippen LogP contribution < -0.4 is 4.74 Å². The zero-order valence-corrected chi connectivity index (χ0v) is 8.73. The van der Waals surface area contributed by atoms with Crippen molar-refractivity contribution in [2.75, 3.05) is 13.2 Å². The Balaban J connectivity index is 2.63. The van der Waals surface area contributed by atoms with Gasteiger partial charge in [0, 0.05) is 0 Å². The normalized spacial score (nSPS) is 9.40. The summed E-state index contributed by atoms with van der Waals surface area (Å²) in [6, 6.07) is 6.82. The maximum atomic E-state index is 11.3. The fourth-order valence-electron chi connectivity index (χ4n) is 1.06. The Kier molecular flexibility index (Phi) is 4.41. The largest absolute Gasteiger partial charge is 0.490 e. The minimum absolute atomic E-state index is 0.312. The molecular formula is C12H14O3. The summed E-state index contributed by atoms with van der Waals surface area (Å²) in [7, 11) is 0. The van der Waals surface area contributed by atoms with Crippen LogP contribution in [0.25, 0.3) is 0 Å². The van der Waals surface area contributed by atoms with Gasteiger partial charge in [0.05, 0.1) is 12.2 Å². The van der Waals surface area contributed by atoms with E-state index in [4.69, 9.17) is 9.47 Å². The number of ether oxygens (including phenoxy) is 2. The lowest BCUT2D eigenvalue weighted by Crippen LogP contribution is -2.04. The second-order valence-electron chi connectivity index (χ2n) is 2.84. The Morgan fingerprint density at radius 2 is 2.07 bits per heavy atom. The average Bonchev–Trinajstić information content (AvgIpc) is 2.27. The highest BCUT2D eigenvalue weighted by Gasteiger charge is 2.05. The molecule has 0 N–H and O–H groups in total. The van der Waals surface area contributed by atoms with Gasteiger partial charge in [0.1, 0.15) is 12.4 Å². The molecule has 0 unspecified atom stereocenters. The molecule has 0 saturated carbocycles. The van der Waals surface area contributed by atoms with Crippen LogP contribution in [-0.2, 0) is 4.74 Å².